The number of anilines is 1. The van der Waals surface area contributed by atoms with Gasteiger partial charge in [-0.05, 0) is 37.1 Å². The topological polar surface area (TPSA) is 100 Å². The zero-order chi connectivity index (χ0) is 16.9. The third-order valence-electron chi connectivity index (χ3n) is 3.95. The molecule has 0 aliphatic heterocycles. The minimum Gasteiger partial charge on any atom is -0.421 e. The van der Waals surface area contributed by atoms with Crippen molar-refractivity contribution in [2.24, 2.45) is 0 Å². The van der Waals surface area contributed by atoms with Crippen LogP contribution in [-0.4, -0.2) is 33.5 Å². The van der Waals surface area contributed by atoms with Crippen LogP contribution < -0.4 is 10.6 Å². The second-order valence-corrected chi connectivity index (χ2v) is 5.43. The average Bonchev–Trinajstić information content (AvgIpc) is 3.00. The first kappa shape index (κ1) is 17.0. The van der Waals surface area contributed by atoms with Gasteiger partial charge in [0.05, 0.1) is 12.1 Å². The van der Waals surface area contributed by atoms with Crippen molar-refractivity contribution in [2.75, 3.05) is 11.9 Å². The van der Waals surface area contributed by atoms with E-state index in [9.17, 15) is 9.90 Å². The molecule has 124 valence electrons. The summed E-state index contributed by atoms with van der Waals surface area (Å²) in [6.07, 6.45) is 1.31. The van der Waals surface area contributed by atoms with E-state index in [0.717, 1.165) is 5.56 Å². The molecule has 0 aliphatic rings. The van der Waals surface area contributed by atoms with Crippen LogP contribution in [0.25, 0.3) is 11.5 Å². The molecule has 7 heteroatoms. The van der Waals surface area contributed by atoms with Gasteiger partial charge in [-0.25, -0.2) is 4.79 Å². The third-order valence-corrected chi connectivity index (χ3v) is 3.95. The van der Waals surface area contributed by atoms with Crippen LogP contribution in [0.4, 0.5) is 10.5 Å². The molecule has 2 rings (SSSR count). The van der Waals surface area contributed by atoms with E-state index in [1.165, 1.54) is 0 Å². The molecule has 1 heterocycles. The summed E-state index contributed by atoms with van der Waals surface area (Å²) in [7, 11) is 0. The van der Waals surface area contributed by atoms with Gasteiger partial charge in [-0.15, -0.1) is 10.2 Å². The molecule has 0 saturated carbocycles. The number of nitrogens with one attached hydrogen (secondary N) is 2. The first-order valence-corrected chi connectivity index (χ1v) is 7.62. The number of aromatic nitrogens is 2. The minimum atomic E-state index is -0.592. The normalized spacial score (nSPS) is 11.3. The Morgan fingerprint density at radius 3 is 2.35 bits per heavy atom. The molecular weight excluding hydrogens is 296 g/mol. The first-order valence-electron chi connectivity index (χ1n) is 7.62. The number of urea groups is 1. The van der Waals surface area contributed by atoms with Crippen molar-refractivity contribution in [1.82, 2.24) is 15.5 Å². The van der Waals surface area contributed by atoms with Crippen LogP contribution in [0, 0.1) is 6.92 Å². The predicted octanol–water partition coefficient (Wildman–Crippen LogP) is 2.72. The molecule has 23 heavy (non-hydrogen) atoms. The van der Waals surface area contributed by atoms with Gasteiger partial charge in [0.2, 0.25) is 11.8 Å². The lowest BCUT2D eigenvalue weighted by atomic mass is 9.94. The van der Waals surface area contributed by atoms with Crippen molar-refractivity contribution >= 4 is 11.7 Å². The van der Waals surface area contributed by atoms with Crippen LogP contribution >= 0.6 is 0 Å². The molecule has 3 N–H and O–H groups in total. The van der Waals surface area contributed by atoms with Crippen LogP contribution in [0.3, 0.4) is 0 Å². The number of benzene rings is 1. The fourth-order valence-electron chi connectivity index (χ4n) is 2.20. The molecule has 0 bridgehead atoms. The Morgan fingerprint density at radius 2 is 1.87 bits per heavy atom. The van der Waals surface area contributed by atoms with E-state index >= 15 is 0 Å². The van der Waals surface area contributed by atoms with E-state index in [1.807, 2.05) is 13.8 Å². The van der Waals surface area contributed by atoms with Crippen LogP contribution in [0.2, 0.25) is 0 Å². The van der Waals surface area contributed by atoms with Gasteiger partial charge in [-0.3, -0.25) is 0 Å². The lowest BCUT2D eigenvalue weighted by Crippen LogP contribution is -2.51. The molecule has 0 fully saturated rings. The lowest BCUT2D eigenvalue weighted by Gasteiger charge is -2.30. The molecule has 0 atom stereocenters. The van der Waals surface area contributed by atoms with E-state index in [1.54, 1.807) is 31.2 Å². The molecule has 0 radical (unpaired) electrons. The maximum Gasteiger partial charge on any atom is 0.319 e. The highest BCUT2D eigenvalue weighted by Crippen LogP contribution is 2.20. The number of aliphatic hydroxyl groups is 1. The molecule has 0 aliphatic carbocycles. The number of hydrogen-bond acceptors (Lipinski definition) is 5. The van der Waals surface area contributed by atoms with E-state index in [-0.39, 0.29) is 12.6 Å². The first-order chi connectivity index (χ1) is 11.0. The Bertz CT molecular complexity index is 639. The van der Waals surface area contributed by atoms with Gasteiger partial charge in [0.25, 0.3) is 0 Å². The van der Waals surface area contributed by atoms with Gasteiger partial charge in [0.1, 0.15) is 0 Å². The Hall–Kier alpha value is -2.41. The monoisotopic (exact) mass is 318 g/mol. The summed E-state index contributed by atoms with van der Waals surface area (Å²) in [5.74, 6) is 0.941. The molecule has 0 unspecified atom stereocenters. The number of aliphatic hydroxyl groups excluding tert-OH is 1. The average molecular weight is 318 g/mol. The van der Waals surface area contributed by atoms with E-state index in [4.69, 9.17) is 4.42 Å². The fraction of sp³-hybridized carbons (Fsp3) is 0.438. The molecule has 2 aromatic rings. The summed E-state index contributed by atoms with van der Waals surface area (Å²) in [4.78, 5) is 12.1. The van der Waals surface area contributed by atoms with E-state index < -0.39 is 5.54 Å². The van der Waals surface area contributed by atoms with Gasteiger partial charge in [0.15, 0.2) is 0 Å². The van der Waals surface area contributed by atoms with Gasteiger partial charge < -0.3 is 20.2 Å². The van der Waals surface area contributed by atoms with Gasteiger partial charge in [0, 0.05) is 18.2 Å². The fourth-order valence-corrected chi connectivity index (χ4v) is 2.20. The SMILES string of the molecule is CCC(CC)(CO)NC(=O)Nc1ccc(-c2nnc(C)o2)cc1. The predicted molar refractivity (Wildman–Crippen MR) is 87.0 cm³/mol. The van der Waals surface area contributed by atoms with E-state index in [2.05, 4.69) is 20.8 Å². The van der Waals surface area contributed by atoms with Gasteiger partial charge in [-0.1, -0.05) is 13.8 Å². The molecule has 1 aromatic carbocycles. The van der Waals surface area contributed by atoms with Crippen molar-refractivity contribution < 1.29 is 14.3 Å². The summed E-state index contributed by atoms with van der Waals surface area (Å²) < 4.78 is 5.35. The van der Waals surface area contributed by atoms with Crippen molar-refractivity contribution in [1.29, 1.82) is 0 Å². The second-order valence-electron chi connectivity index (χ2n) is 5.43. The lowest BCUT2D eigenvalue weighted by molar-refractivity contribution is 0.155. The van der Waals surface area contributed by atoms with Crippen molar-refractivity contribution in [3.63, 3.8) is 0 Å². The largest absolute Gasteiger partial charge is 0.421 e. The number of hydrogen-bond donors (Lipinski definition) is 3. The number of rotatable bonds is 6. The number of aryl methyl sites for hydroxylation is 1. The number of nitrogens with zero attached hydrogens (tertiary/aromatic N) is 2. The number of carbonyl (C=O) groups is 1. The van der Waals surface area contributed by atoms with E-state index in [0.29, 0.717) is 30.3 Å². The second kappa shape index (κ2) is 7.23. The van der Waals surface area contributed by atoms with Crippen LogP contribution in [0.1, 0.15) is 32.6 Å². The highest BCUT2D eigenvalue weighted by atomic mass is 16.4. The summed E-state index contributed by atoms with van der Waals surface area (Å²) in [5.41, 5.74) is 0.829. The zero-order valence-corrected chi connectivity index (χ0v) is 13.6. The zero-order valence-electron chi connectivity index (χ0n) is 13.6. The Balaban J connectivity index is 2.02. The minimum absolute atomic E-state index is 0.0944. The Morgan fingerprint density at radius 1 is 1.22 bits per heavy atom. The summed E-state index contributed by atoms with van der Waals surface area (Å²) in [6, 6.07) is 6.76. The van der Waals surface area contributed by atoms with Gasteiger partial charge >= 0.3 is 6.03 Å². The molecule has 0 saturated heterocycles. The molecular formula is C16H22N4O3. The maximum absolute atomic E-state index is 12.1. The highest BCUT2D eigenvalue weighted by Gasteiger charge is 2.27. The van der Waals surface area contributed by atoms with Crippen LogP contribution in [-0.2, 0) is 0 Å². The summed E-state index contributed by atoms with van der Waals surface area (Å²) >= 11 is 0. The maximum atomic E-state index is 12.1. The molecule has 1 aromatic heterocycles. The molecule has 7 nitrogen and oxygen atoms in total. The Kier molecular flexibility index (Phi) is 5.33. The third kappa shape index (κ3) is 4.07. The van der Waals surface area contributed by atoms with Crippen LogP contribution in [0.5, 0.6) is 0 Å². The quantitative estimate of drug-likeness (QED) is 0.760. The summed E-state index contributed by atoms with van der Waals surface area (Å²) in [6.45, 7) is 5.50. The van der Waals surface area contributed by atoms with Crippen molar-refractivity contribution in [3.8, 4) is 11.5 Å². The summed E-state index contributed by atoms with van der Waals surface area (Å²) in [5, 5.41) is 22.8. The van der Waals surface area contributed by atoms with Crippen LogP contribution in [0.15, 0.2) is 28.7 Å². The molecule has 2 amide bonds. The Labute approximate surface area is 135 Å². The number of amides is 2. The highest BCUT2D eigenvalue weighted by molar-refractivity contribution is 5.90. The van der Waals surface area contributed by atoms with Crippen molar-refractivity contribution in [2.45, 2.75) is 39.2 Å². The van der Waals surface area contributed by atoms with Crippen molar-refractivity contribution in [3.05, 3.63) is 30.2 Å². The molecule has 0 spiro atoms. The smallest absolute Gasteiger partial charge is 0.319 e. The number of carbonyl (C=O) groups excluding carboxylic acids is 1. The van der Waals surface area contributed by atoms with Gasteiger partial charge in [-0.2, -0.15) is 0 Å². The standard InChI is InChI=1S/C16H22N4O3/c1-4-16(5-2,10-21)18-15(22)17-13-8-6-12(7-9-13)14-20-19-11(3)23-14/h6-9,21H,4-5,10H2,1-3H3,(H2,17,18,22).